The van der Waals surface area contributed by atoms with Crippen LogP contribution in [0.3, 0.4) is 0 Å². The van der Waals surface area contributed by atoms with Gasteiger partial charge in [0, 0.05) is 12.4 Å². The fourth-order valence-electron chi connectivity index (χ4n) is 0.936. The summed E-state index contributed by atoms with van der Waals surface area (Å²) in [6.45, 7) is 0. The van der Waals surface area contributed by atoms with Gasteiger partial charge in [0.2, 0.25) is 0 Å². The third-order valence-corrected chi connectivity index (χ3v) is 2.22. The molecular formula is C7H4BrFN2. The lowest BCUT2D eigenvalue weighted by Gasteiger charge is -1.97. The van der Waals surface area contributed by atoms with Gasteiger partial charge < -0.3 is 0 Å². The van der Waals surface area contributed by atoms with Crippen molar-refractivity contribution in [3.05, 3.63) is 34.9 Å². The summed E-state index contributed by atoms with van der Waals surface area (Å²) in [7, 11) is 0. The van der Waals surface area contributed by atoms with Gasteiger partial charge in [-0.2, -0.15) is 0 Å². The largest absolute Gasteiger partial charge is 0.292 e. The second-order valence-electron chi connectivity index (χ2n) is 2.13. The molecule has 0 aliphatic carbocycles. The van der Waals surface area contributed by atoms with Gasteiger partial charge in [-0.3, -0.25) is 4.40 Å². The monoisotopic (exact) mass is 214 g/mol. The van der Waals surface area contributed by atoms with Crippen LogP contribution in [0.2, 0.25) is 0 Å². The highest BCUT2D eigenvalue weighted by Crippen LogP contribution is 2.16. The van der Waals surface area contributed by atoms with E-state index in [4.69, 9.17) is 0 Å². The Morgan fingerprint density at radius 3 is 3.09 bits per heavy atom. The maximum atomic E-state index is 12.8. The van der Waals surface area contributed by atoms with Gasteiger partial charge in [-0.15, -0.1) is 0 Å². The van der Waals surface area contributed by atoms with Gasteiger partial charge in [0.15, 0.2) is 5.82 Å². The minimum absolute atomic E-state index is 0.282. The number of hydrogen-bond donors (Lipinski definition) is 0. The lowest BCUT2D eigenvalue weighted by molar-refractivity contribution is 0.610. The van der Waals surface area contributed by atoms with Crippen molar-refractivity contribution in [1.82, 2.24) is 9.38 Å². The van der Waals surface area contributed by atoms with Gasteiger partial charge in [0.25, 0.3) is 0 Å². The normalized spacial score (nSPS) is 10.7. The predicted molar refractivity (Wildman–Crippen MR) is 42.9 cm³/mol. The molecule has 2 aromatic rings. The van der Waals surface area contributed by atoms with E-state index in [0.29, 0.717) is 4.60 Å². The molecule has 2 aromatic heterocycles. The first-order valence-corrected chi connectivity index (χ1v) is 3.85. The molecule has 0 N–H and O–H groups in total. The Bertz CT molecular complexity index is 396. The zero-order chi connectivity index (χ0) is 7.84. The maximum absolute atomic E-state index is 12.8. The molecule has 4 heteroatoms. The zero-order valence-corrected chi connectivity index (χ0v) is 7.05. The van der Waals surface area contributed by atoms with E-state index in [0.717, 1.165) is 5.65 Å². The number of nitrogens with zero attached hydrogens (tertiary/aromatic N) is 2. The lowest BCUT2D eigenvalue weighted by atomic mass is 10.5. The summed E-state index contributed by atoms with van der Waals surface area (Å²) in [6.07, 6.45) is 3.32. The predicted octanol–water partition coefficient (Wildman–Crippen LogP) is 2.24. The van der Waals surface area contributed by atoms with Crippen molar-refractivity contribution in [3.63, 3.8) is 0 Å². The summed E-state index contributed by atoms with van der Waals surface area (Å²) in [5.41, 5.74) is 0.735. The van der Waals surface area contributed by atoms with E-state index in [1.54, 1.807) is 22.9 Å². The standard InChI is InChI=1S/C7H4BrFN2/c8-7-5(9)1-2-6-10-3-4-11(6)7/h1-4H. The van der Waals surface area contributed by atoms with E-state index in [-0.39, 0.29) is 5.82 Å². The number of halogens is 2. The summed E-state index contributed by atoms with van der Waals surface area (Å²) in [5, 5.41) is 0. The van der Waals surface area contributed by atoms with Gasteiger partial charge in [0.1, 0.15) is 10.3 Å². The summed E-state index contributed by atoms with van der Waals surface area (Å²) in [6, 6.07) is 3.01. The molecule has 0 saturated carbocycles. The molecule has 0 amide bonds. The number of fused-ring (bicyclic) bond motifs is 1. The number of imidazole rings is 1. The Hall–Kier alpha value is -0.900. The Balaban J connectivity index is 2.93. The molecule has 0 atom stereocenters. The van der Waals surface area contributed by atoms with E-state index in [1.807, 2.05) is 0 Å². The van der Waals surface area contributed by atoms with Crippen LogP contribution in [0.1, 0.15) is 0 Å². The fraction of sp³-hybridized carbons (Fsp3) is 0. The number of rotatable bonds is 0. The SMILES string of the molecule is Fc1ccc2nccn2c1Br. The fourth-order valence-corrected chi connectivity index (χ4v) is 1.37. The molecule has 0 fully saturated rings. The van der Waals surface area contributed by atoms with E-state index >= 15 is 0 Å². The van der Waals surface area contributed by atoms with E-state index in [2.05, 4.69) is 20.9 Å². The Morgan fingerprint density at radius 2 is 2.27 bits per heavy atom. The molecule has 56 valence electrons. The van der Waals surface area contributed by atoms with Crippen molar-refractivity contribution < 1.29 is 4.39 Å². The van der Waals surface area contributed by atoms with Crippen LogP contribution >= 0.6 is 15.9 Å². The van der Waals surface area contributed by atoms with E-state index in [1.165, 1.54) is 6.07 Å². The molecule has 2 nitrogen and oxygen atoms in total. The van der Waals surface area contributed by atoms with Gasteiger partial charge in [-0.25, -0.2) is 9.37 Å². The van der Waals surface area contributed by atoms with Crippen molar-refractivity contribution in [2.75, 3.05) is 0 Å². The maximum Gasteiger partial charge on any atom is 0.154 e. The molecule has 0 bridgehead atoms. The molecule has 0 spiro atoms. The first kappa shape index (κ1) is 6.79. The van der Waals surface area contributed by atoms with Crippen molar-refractivity contribution >= 4 is 21.6 Å². The molecule has 11 heavy (non-hydrogen) atoms. The molecule has 0 aromatic carbocycles. The number of hydrogen-bond acceptors (Lipinski definition) is 1. The smallest absolute Gasteiger partial charge is 0.154 e. The van der Waals surface area contributed by atoms with Gasteiger partial charge in [0.05, 0.1) is 0 Å². The summed E-state index contributed by atoms with van der Waals surface area (Å²) >= 11 is 3.11. The van der Waals surface area contributed by atoms with E-state index in [9.17, 15) is 4.39 Å². The van der Waals surface area contributed by atoms with Crippen LogP contribution in [0.15, 0.2) is 29.1 Å². The highest BCUT2D eigenvalue weighted by molar-refractivity contribution is 9.10. The minimum Gasteiger partial charge on any atom is -0.292 e. The van der Waals surface area contributed by atoms with Crippen LogP contribution in [0.5, 0.6) is 0 Å². The molecule has 0 aliphatic heterocycles. The number of aromatic nitrogens is 2. The van der Waals surface area contributed by atoms with Crippen LogP contribution in [0.4, 0.5) is 4.39 Å². The molecule has 2 rings (SSSR count). The van der Waals surface area contributed by atoms with Gasteiger partial charge in [-0.05, 0) is 28.1 Å². The first-order valence-electron chi connectivity index (χ1n) is 3.06. The average Bonchev–Trinajstić information content (AvgIpc) is 2.45. The van der Waals surface area contributed by atoms with Crippen molar-refractivity contribution in [1.29, 1.82) is 0 Å². The minimum atomic E-state index is -0.282. The highest BCUT2D eigenvalue weighted by atomic mass is 79.9. The highest BCUT2D eigenvalue weighted by Gasteiger charge is 2.02. The second-order valence-corrected chi connectivity index (χ2v) is 2.88. The van der Waals surface area contributed by atoms with Crippen LogP contribution in [-0.4, -0.2) is 9.38 Å². The van der Waals surface area contributed by atoms with Crippen LogP contribution in [-0.2, 0) is 0 Å². The Labute approximate surface area is 70.8 Å². The molecule has 0 radical (unpaired) electrons. The Kier molecular flexibility index (Phi) is 1.42. The molecule has 0 saturated heterocycles. The summed E-state index contributed by atoms with van der Waals surface area (Å²) in [5.74, 6) is -0.282. The quantitative estimate of drug-likeness (QED) is 0.616. The van der Waals surface area contributed by atoms with Crippen LogP contribution in [0, 0.1) is 5.82 Å². The van der Waals surface area contributed by atoms with Crippen molar-refractivity contribution in [2.45, 2.75) is 0 Å². The first-order chi connectivity index (χ1) is 5.29. The second kappa shape index (κ2) is 2.30. The lowest BCUT2D eigenvalue weighted by Crippen LogP contribution is -1.88. The molecule has 2 heterocycles. The third kappa shape index (κ3) is 0.939. The van der Waals surface area contributed by atoms with Gasteiger partial charge >= 0.3 is 0 Å². The number of pyridine rings is 1. The molecule has 0 unspecified atom stereocenters. The summed E-state index contributed by atoms with van der Waals surface area (Å²) in [4.78, 5) is 3.99. The molecule has 0 aliphatic rings. The zero-order valence-electron chi connectivity index (χ0n) is 5.46. The van der Waals surface area contributed by atoms with Gasteiger partial charge in [-0.1, -0.05) is 0 Å². The topological polar surface area (TPSA) is 17.3 Å². The third-order valence-electron chi connectivity index (χ3n) is 1.46. The van der Waals surface area contributed by atoms with Crippen LogP contribution in [0.25, 0.3) is 5.65 Å². The Morgan fingerprint density at radius 1 is 1.45 bits per heavy atom. The van der Waals surface area contributed by atoms with Crippen molar-refractivity contribution in [2.24, 2.45) is 0 Å². The summed E-state index contributed by atoms with van der Waals surface area (Å²) < 4.78 is 14.9. The van der Waals surface area contributed by atoms with Crippen molar-refractivity contribution in [3.8, 4) is 0 Å². The van der Waals surface area contributed by atoms with Crippen LogP contribution < -0.4 is 0 Å². The average molecular weight is 215 g/mol. The van der Waals surface area contributed by atoms with E-state index < -0.39 is 0 Å². The molecular weight excluding hydrogens is 211 g/mol.